The predicted octanol–water partition coefficient (Wildman–Crippen LogP) is 3.08. The lowest BCUT2D eigenvalue weighted by atomic mass is 9.96. The molecular weight excluding hydrogens is 260 g/mol. The number of carbonyl (C=O) groups is 1. The van der Waals surface area contributed by atoms with Crippen LogP contribution in [0, 0.1) is 13.8 Å². The number of nitrogens with zero attached hydrogens (tertiary/aromatic N) is 1. The van der Waals surface area contributed by atoms with E-state index in [1.54, 1.807) is 0 Å². The summed E-state index contributed by atoms with van der Waals surface area (Å²) in [7, 11) is 0. The van der Waals surface area contributed by atoms with Crippen LogP contribution in [0.4, 0.5) is 5.69 Å². The largest absolute Gasteiger partial charge is 0.398 e. The van der Waals surface area contributed by atoms with E-state index in [2.05, 4.69) is 6.07 Å². The Morgan fingerprint density at radius 3 is 2.48 bits per heavy atom. The molecule has 0 saturated heterocycles. The van der Waals surface area contributed by atoms with Gasteiger partial charge in [-0.1, -0.05) is 30.3 Å². The highest BCUT2D eigenvalue weighted by molar-refractivity contribution is 5.97. The SMILES string of the molecule is Cc1cccc(C)c1C(=O)N1CCc2cccc(N)c2C1. The van der Waals surface area contributed by atoms with Gasteiger partial charge in [-0.25, -0.2) is 0 Å². The first-order valence-electron chi connectivity index (χ1n) is 7.29. The lowest BCUT2D eigenvalue weighted by Gasteiger charge is -2.30. The number of anilines is 1. The van der Waals surface area contributed by atoms with Gasteiger partial charge >= 0.3 is 0 Å². The van der Waals surface area contributed by atoms with Crippen LogP contribution in [0.2, 0.25) is 0 Å². The Labute approximate surface area is 125 Å². The maximum atomic E-state index is 12.8. The summed E-state index contributed by atoms with van der Waals surface area (Å²) in [6, 6.07) is 12.0. The molecule has 0 bridgehead atoms. The van der Waals surface area contributed by atoms with Crippen molar-refractivity contribution in [3.63, 3.8) is 0 Å². The number of nitrogens with two attached hydrogens (primary N) is 1. The van der Waals surface area contributed by atoms with Gasteiger partial charge in [0.2, 0.25) is 0 Å². The molecule has 3 nitrogen and oxygen atoms in total. The van der Waals surface area contributed by atoms with Gasteiger partial charge in [-0.15, -0.1) is 0 Å². The van der Waals surface area contributed by atoms with E-state index in [4.69, 9.17) is 5.73 Å². The van der Waals surface area contributed by atoms with Crippen molar-refractivity contribution in [2.45, 2.75) is 26.8 Å². The van der Waals surface area contributed by atoms with E-state index in [0.717, 1.165) is 40.9 Å². The zero-order valence-electron chi connectivity index (χ0n) is 12.5. The van der Waals surface area contributed by atoms with Crippen molar-refractivity contribution in [3.05, 3.63) is 64.2 Å². The van der Waals surface area contributed by atoms with Crippen molar-refractivity contribution in [3.8, 4) is 0 Å². The van der Waals surface area contributed by atoms with Crippen LogP contribution >= 0.6 is 0 Å². The second-order valence-corrected chi connectivity index (χ2v) is 5.73. The molecule has 0 aromatic heterocycles. The maximum Gasteiger partial charge on any atom is 0.254 e. The van der Waals surface area contributed by atoms with Gasteiger partial charge in [0.05, 0.1) is 0 Å². The minimum Gasteiger partial charge on any atom is -0.398 e. The average molecular weight is 280 g/mol. The maximum absolute atomic E-state index is 12.8. The normalized spacial score (nSPS) is 13.9. The molecule has 108 valence electrons. The third kappa shape index (κ3) is 2.40. The Bertz CT molecular complexity index is 686. The summed E-state index contributed by atoms with van der Waals surface area (Å²) in [5.41, 5.74) is 12.1. The first-order valence-corrected chi connectivity index (χ1v) is 7.29. The summed E-state index contributed by atoms with van der Waals surface area (Å²) >= 11 is 0. The number of benzene rings is 2. The summed E-state index contributed by atoms with van der Waals surface area (Å²) in [5.74, 6) is 0.111. The van der Waals surface area contributed by atoms with Gasteiger partial charge in [-0.05, 0) is 48.6 Å². The molecule has 3 rings (SSSR count). The molecule has 0 aliphatic carbocycles. The average Bonchev–Trinajstić information content (AvgIpc) is 2.47. The zero-order chi connectivity index (χ0) is 15.0. The lowest BCUT2D eigenvalue weighted by molar-refractivity contribution is 0.0734. The summed E-state index contributed by atoms with van der Waals surface area (Å²) in [5, 5.41) is 0. The van der Waals surface area contributed by atoms with E-state index in [-0.39, 0.29) is 5.91 Å². The number of hydrogen-bond acceptors (Lipinski definition) is 2. The fraction of sp³-hybridized carbons (Fsp3) is 0.278. The molecule has 2 N–H and O–H groups in total. The third-order valence-electron chi connectivity index (χ3n) is 4.29. The second-order valence-electron chi connectivity index (χ2n) is 5.73. The van der Waals surface area contributed by atoms with E-state index in [1.807, 2.05) is 49.1 Å². The Hall–Kier alpha value is -2.29. The molecule has 1 aliphatic rings. The van der Waals surface area contributed by atoms with Crippen LogP contribution in [0.15, 0.2) is 36.4 Å². The highest BCUT2D eigenvalue weighted by Crippen LogP contribution is 2.26. The predicted molar refractivity (Wildman–Crippen MR) is 85.2 cm³/mol. The number of hydrogen-bond donors (Lipinski definition) is 1. The van der Waals surface area contributed by atoms with E-state index in [9.17, 15) is 4.79 Å². The number of fused-ring (bicyclic) bond motifs is 1. The van der Waals surface area contributed by atoms with Gasteiger partial charge in [0, 0.05) is 24.3 Å². The smallest absolute Gasteiger partial charge is 0.254 e. The number of amides is 1. The second kappa shape index (κ2) is 5.24. The first kappa shape index (κ1) is 13.7. The van der Waals surface area contributed by atoms with Gasteiger partial charge in [0.25, 0.3) is 5.91 Å². The third-order valence-corrected chi connectivity index (χ3v) is 4.29. The van der Waals surface area contributed by atoms with Gasteiger partial charge in [0.1, 0.15) is 0 Å². The van der Waals surface area contributed by atoms with Crippen LogP contribution in [0.25, 0.3) is 0 Å². The summed E-state index contributed by atoms with van der Waals surface area (Å²) in [6.45, 7) is 5.34. The molecule has 21 heavy (non-hydrogen) atoms. The van der Waals surface area contributed by atoms with Crippen LogP contribution < -0.4 is 5.73 Å². The quantitative estimate of drug-likeness (QED) is 0.816. The summed E-state index contributed by atoms with van der Waals surface area (Å²) < 4.78 is 0. The Balaban J connectivity index is 1.93. The van der Waals surface area contributed by atoms with Crippen molar-refractivity contribution in [2.24, 2.45) is 0 Å². The van der Waals surface area contributed by atoms with Crippen LogP contribution in [-0.4, -0.2) is 17.4 Å². The minimum absolute atomic E-state index is 0.111. The highest BCUT2D eigenvalue weighted by atomic mass is 16.2. The van der Waals surface area contributed by atoms with Crippen molar-refractivity contribution >= 4 is 11.6 Å². The van der Waals surface area contributed by atoms with Crippen LogP contribution in [0.3, 0.4) is 0 Å². The fourth-order valence-corrected chi connectivity index (χ4v) is 3.09. The Kier molecular flexibility index (Phi) is 3.42. The number of carbonyl (C=O) groups excluding carboxylic acids is 1. The van der Waals surface area contributed by atoms with Gasteiger partial charge in [-0.3, -0.25) is 4.79 Å². The van der Waals surface area contributed by atoms with E-state index in [0.29, 0.717) is 6.54 Å². The van der Waals surface area contributed by atoms with Gasteiger partial charge in [0.15, 0.2) is 0 Å². The standard InChI is InChI=1S/C18H20N2O/c1-12-5-3-6-13(2)17(12)18(21)20-10-9-14-7-4-8-16(19)15(14)11-20/h3-8H,9-11,19H2,1-2H3. The molecule has 2 aromatic carbocycles. The molecule has 1 amide bonds. The molecule has 1 aliphatic heterocycles. The minimum atomic E-state index is 0.111. The summed E-state index contributed by atoms with van der Waals surface area (Å²) in [6.07, 6.45) is 0.872. The highest BCUT2D eigenvalue weighted by Gasteiger charge is 2.24. The molecule has 0 saturated carbocycles. The van der Waals surface area contributed by atoms with Crippen LogP contribution in [0.1, 0.15) is 32.6 Å². The number of nitrogen functional groups attached to an aromatic ring is 1. The lowest BCUT2D eigenvalue weighted by Crippen LogP contribution is -2.37. The first-order chi connectivity index (χ1) is 10.1. The molecule has 0 radical (unpaired) electrons. The van der Waals surface area contributed by atoms with E-state index in [1.165, 1.54) is 5.56 Å². The molecule has 2 aromatic rings. The Morgan fingerprint density at radius 1 is 1.10 bits per heavy atom. The topological polar surface area (TPSA) is 46.3 Å². The fourth-order valence-electron chi connectivity index (χ4n) is 3.09. The molecular formula is C18H20N2O. The van der Waals surface area contributed by atoms with Crippen molar-refractivity contribution < 1.29 is 4.79 Å². The van der Waals surface area contributed by atoms with E-state index < -0.39 is 0 Å². The van der Waals surface area contributed by atoms with Crippen molar-refractivity contribution in [1.29, 1.82) is 0 Å². The van der Waals surface area contributed by atoms with Crippen molar-refractivity contribution in [2.75, 3.05) is 12.3 Å². The van der Waals surface area contributed by atoms with Crippen LogP contribution in [0.5, 0.6) is 0 Å². The van der Waals surface area contributed by atoms with Crippen molar-refractivity contribution in [1.82, 2.24) is 4.90 Å². The van der Waals surface area contributed by atoms with Gasteiger partial charge < -0.3 is 10.6 Å². The molecule has 0 spiro atoms. The number of rotatable bonds is 1. The molecule has 0 unspecified atom stereocenters. The molecule has 1 heterocycles. The monoisotopic (exact) mass is 280 g/mol. The zero-order valence-corrected chi connectivity index (χ0v) is 12.5. The molecule has 0 fully saturated rings. The molecule has 3 heteroatoms. The molecule has 0 atom stereocenters. The van der Waals surface area contributed by atoms with E-state index >= 15 is 0 Å². The summed E-state index contributed by atoms with van der Waals surface area (Å²) in [4.78, 5) is 14.8. The van der Waals surface area contributed by atoms with Crippen LogP contribution in [-0.2, 0) is 13.0 Å². The number of aryl methyl sites for hydroxylation is 2. The Morgan fingerprint density at radius 2 is 1.76 bits per heavy atom. The van der Waals surface area contributed by atoms with Gasteiger partial charge in [-0.2, -0.15) is 0 Å².